The van der Waals surface area contributed by atoms with Crippen LogP contribution in [-0.2, 0) is 6.42 Å². The van der Waals surface area contributed by atoms with Crippen LogP contribution in [0.4, 0.5) is 0 Å². The predicted octanol–water partition coefficient (Wildman–Crippen LogP) is 5.03. The number of hydrogen-bond donors (Lipinski definition) is 1. The van der Waals surface area contributed by atoms with Crippen LogP contribution in [0.2, 0.25) is 0 Å². The summed E-state index contributed by atoms with van der Waals surface area (Å²) in [4.78, 5) is 6.33. The Bertz CT molecular complexity index is 711. The van der Waals surface area contributed by atoms with E-state index in [0.717, 1.165) is 5.92 Å². The Balaban J connectivity index is 1.79. The molecule has 1 unspecified atom stereocenters. The molecule has 0 bridgehead atoms. The van der Waals surface area contributed by atoms with Crippen LogP contribution in [0.5, 0.6) is 0 Å². The number of benzene rings is 1. The minimum atomic E-state index is 0.679. The summed E-state index contributed by atoms with van der Waals surface area (Å²) in [5, 5.41) is 1.50. The Hall–Kier alpha value is -0.450. The summed E-state index contributed by atoms with van der Waals surface area (Å²) in [5.74, 6) is 2.83. The number of likely N-dealkylation sites (tertiary alicyclic amines) is 1. The maximum Gasteiger partial charge on any atom is 0.0864 e. The molecule has 23 heavy (non-hydrogen) atoms. The summed E-state index contributed by atoms with van der Waals surface area (Å²) in [6, 6.07) is 7.52. The average Bonchev–Trinajstić information content (AvgIpc) is 2.86. The average molecular weight is 393 g/mol. The fraction of sp³-hybridized carbons (Fsp3) is 0.579. The van der Waals surface area contributed by atoms with E-state index in [-0.39, 0.29) is 0 Å². The van der Waals surface area contributed by atoms with Crippen LogP contribution in [0.25, 0.3) is 10.9 Å². The molecule has 1 fully saturated rings. The van der Waals surface area contributed by atoms with Gasteiger partial charge in [-0.1, -0.05) is 19.1 Å². The first kappa shape index (κ1) is 16.0. The number of halogens is 1. The van der Waals surface area contributed by atoms with E-state index in [2.05, 4.69) is 57.2 Å². The lowest BCUT2D eigenvalue weighted by Crippen LogP contribution is -2.50. The van der Waals surface area contributed by atoms with Crippen molar-refractivity contribution in [3.8, 4) is 0 Å². The predicted molar refractivity (Wildman–Crippen MR) is 105 cm³/mol. The third kappa shape index (κ3) is 2.67. The third-order valence-electron chi connectivity index (χ3n) is 5.65. The summed E-state index contributed by atoms with van der Waals surface area (Å²) in [5.41, 5.74) is 4.39. The Morgan fingerprint density at radius 3 is 3.04 bits per heavy atom. The number of aromatic nitrogens is 1. The van der Waals surface area contributed by atoms with Crippen LogP contribution >= 0.6 is 27.7 Å². The molecule has 1 aromatic carbocycles. The van der Waals surface area contributed by atoms with Gasteiger partial charge in [0.1, 0.15) is 0 Å². The van der Waals surface area contributed by atoms with Gasteiger partial charge in [-0.3, -0.25) is 4.90 Å². The fourth-order valence-corrected chi connectivity index (χ4v) is 6.13. The molecule has 1 saturated heterocycles. The van der Waals surface area contributed by atoms with E-state index in [9.17, 15) is 0 Å². The number of nitrogens with one attached hydrogen (secondary N) is 1. The Morgan fingerprint density at radius 2 is 2.26 bits per heavy atom. The first-order chi connectivity index (χ1) is 11.2. The van der Waals surface area contributed by atoms with Gasteiger partial charge in [0.2, 0.25) is 0 Å². The van der Waals surface area contributed by atoms with Crippen molar-refractivity contribution in [2.75, 3.05) is 25.1 Å². The molecule has 124 valence electrons. The maximum atomic E-state index is 3.77. The van der Waals surface area contributed by atoms with Gasteiger partial charge in [0, 0.05) is 29.4 Å². The van der Waals surface area contributed by atoms with E-state index in [4.69, 9.17) is 0 Å². The third-order valence-corrected chi connectivity index (χ3v) is 7.13. The van der Waals surface area contributed by atoms with Gasteiger partial charge in [-0.15, -0.1) is 0 Å². The van der Waals surface area contributed by atoms with Crippen molar-refractivity contribution in [1.29, 1.82) is 0 Å². The molecule has 1 aromatic heterocycles. The maximum absolute atomic E-state index is 3.77. The molecular formula is C19H25BrN2S. The van der Waals surface area contributed by atoms with Crippen molar-refractivity contribution in [3.05, 3.63) is 33.9 Å². The lowest BCUT2D eigenvalue weighted by atomic mass is 9.72. The van der Waals surface area contributed by atoms with Crippen molar-refractivity contribution < 1.29 is 0 Å². The van der Waals surface area contributed by atoms with Gasteiger partial charge in [-0.25, -0.2) is 0 Å². The van der Waals surface area contributed by atoms with E-state index in [0.29, 0.717) is 12.0 Å². The quantitative estimate of drug-likeness (QED) is 0.785. The number of fused-ring (bicyclic) bond motifs is 2. The van der Waals surface area contributed by atoms with Gasteiger partial charge < -0.3 is 4.98 Å². The van der Waals surface area contributed by atoms with E-state index < -0.39 is 0 Å². The zero-order chi connectivity index (χ0) is 16.0. The topological polar surface area (TPSA) is 19.0 Å². The van der Waals surface area contributed by atoms with Crippen molar-refractivity contribution >= 4 is 38.6 Å². The first-order valence-corrected chi connectivity index (χ1v) is 10.9. The second kappa shape index (κ2) is 6.45. The van der Waals surface area contributed by atoms with Crippen LogP contribution < -0.4 is 0 Å². The number of thioether (sulfide) groups is 1. The molecule has 2 nitrogen and oxygen atoms in total. The molecular weight excluding hydrogens is 368 g/mol. The zero-order valence-corrected chi connectivity index (χ0v) is 16.3. The number of hydrogen-bond acceptors (Lipinski definition) is 2. The van der Waals surface area contributed by atoms with E-state index >= 15 is 0 Å². The zero-order valence-electron chi connectivity index (χ0n) is 13.9. The Labute approximate surface area is 151 Å². The van der Waals surface area contributed by atoms with E-state index in [1.165, 1.54) is 59.2 Å². The summed E-state index contributed by atoms with van der Waals surface area (Å²) in [6.07, 6.45) is 6.04. The normalized spacial score (nSPS) is 27.3. The molecule has 3 atom stereocenters. The number of rotatable bonds is 4. The highest BCUT2D eigenvalue weighted by atomic mass is 79.9. The first-order valence-electron chi connectivity index (χ1n) is 8.74. The Kier molecular flexibility index (Phi) is 4.50. The van der Waals surface area contributed by atoms with Crippen LogP contribution in [0.15, 0.2) is 22.8 Å². The molecule has 2 aliphatic rings. The summed E-state index contributed by atoms with van der Waals surface area (Å²) < 4.78 is 1.20. The second-order valence-corrected chi connectivity index (χ2v) is 8.82. The van der Waals surface area contributed by atoms with Crippen LogP contribution in [0.1, 0.15) is 36.8 Å². The summed E-state index contributed by atoms with van der Waals surface area (Å²) in [7, 11) is 0. The number of piperidine rings is 1. The van der Waals surface area contributed by atoms with Crippen LogP contribution in [0.3, 0.4) is 0 Å². The highest BCUT2D eigenvalue weighted by Crippen LogP contribution is 2.46. The molecule has 1 aliphatic carbocycles. The highest BCUT2D eigenvalue weighted by molar-refractivity contribution is 9.10. The molecule has 4 rings (SSSR count). The summed E-state index contributed by atoms with van der Waals surface area (Å²) >= 11 is 5.78. The van der Waals surface area contributed by atoms with Gasteiger partial charge in [-0.2, -0.15) is 11.8 Å². The Morgan fingerprint density at radius 1 is 1.39 bits per heavy atom. The molecule has 4 heteroatoms. The summed E-state index contributed by atoms with van der Waals surface area (Å²) in [6.45, 7) is 4.83. The van der Waals surface area contributed by atoms with Crippen LogP contribution in [0, 0.1) is 5.92 Å². The van der Waals surface area contributed by atoms with Crippen LogP contribution in [-0.4, -0.2) is 41.0 Å². The second-order valence-electron chi connectivity index (χ2n) is 7.12. The molecule has 0 saturated carbocycles. The van der Waals surface area contributed by atoms with Gasteiger partial charge in [0.05, 0.1) is 4.60 Å². The molecule has 0 radical (unpaired) electrons. The van der Waals surface area contributed by atoms with Gasteiger partial charge in [0.25, 0.3) is 0 Å². The molecule has 1 N–H and O–H groups in total. The SMILES string of the molecule is CCCN1CC(CSC)C[C@H]2c3cccc4[nH]c(Br)c(c34)C[C@@H]21. The largest absolute Gasteiger partial charge is 0.349 e. The fourth-order valence-electron chi connectivity index (χ4n) is 4.84. The number of H-pyrrole nitrogens is 1. The highest BCUT2D eigenvalue weighted by Gasteiger charge is 2.40. The minimum absolute atomic E-state index is 0.679. The molecule has 0 amide bonds. The molecule has 2 aromatic rings. The van der Waals surface area contributed by atoms with Crippen molar-refractivity contribution in [3.63, 3.8) is 0 Å². The lowest BCUT2D eigenvalue weighted by molar-refractivity contribution is 0.0925. The van der Waals surface area contributed by atoms with E-state index in [1.54, 1.807) is 5.56 Å². The van der Waals surface area contributed by atoms with Crippen molar-refractivity contribution in [2.45, 2.75) is 38.1 Å². The lowest BCUT2D eigenvalue weighted by Gasteiger charge is -2.47. The monoisotopic (exact) mass is 392 g/mol. The van der Waals surface area contributed by atoms with Gasteiger partial charge in [-0.05, 0) is 76.9 Å². The molecule has 0 spiro atoms. The van der Waals surface area contributed by atoms with E-state index in [1.807, 2.05) is 11.8 Å². The number of nitrogens with zero attached hydrogens (tertiary/aromatic N) is 1. The smallest absolute Gasteiger partial charge is 0.0864 e. The van der Waals surface area contributed by atoms with Crippen molar-refractivity contribution in [1.82, 2.24) is 9.88 Å². The van der Waals surface area contributed by atoms with Gasteiger partial charge >= 0.3 is 0 Å². The van der Waals surface area contributed by atoms with Gasteiger partial charge in [0.15, 0.2) is 0 Å². The minimum Gasteiger partial charge on any atom is -0.349 e. The molecule has 1 aliphatic heterocycles. The standard InChI is InChI=1S/C19H25BrN2S/c1-3-7-22-10-12(11-23-2)8-14-13-5-4-6-16-18(13)15(9-17(14)22)19(20)21-16/h4-6,12,14,17,21H,3,7-11H2,1-2H3/t12?,14-,17-/m0/s1. The van der Waals surface area contributed by atoms with Crippen molar-refractivity contribution in [2.24, 2.45) is 5.92 Å². The molecule has 2 heterocycles. The number of aromatic amines is 1.